The van der Waals surface area contributed by atoms with E-state index < -0.39 is 4.92 Å². The molecule has 4 rings (SSSR count). The van der Waals surface area contributed by atoms with Gasteiger partial charge in [-0.2, -0.15) is 0 Å². The molecule has 3 aromatic carbocycles. The maximum Gasteiger partial charge on any atom is 0.276 e. The maximum atomic E-state index is 13.0. The first-order valence-corrected chi connectivity index (χ1v) is 12.1. The largest absolute Gasteiger partial charge is 0.490 e. The summed E-state index contributed by atoms with van der Waals surface area (Å²) >= 11 is 6.71. The molecular weight excluding hydrogens is 484 g/mol. The SMILES string of the molecule is CCOc1cc(/C=C2/SC(=S)N(Cc3ccccc3)C2=O)ccc1OCc1ccccc1[N+](=O)[O-]. The molecule has 1 fully saturated rings. The van der Waals surface area contributed by atoms with Gasteiger partial charge in [0.25, 0.3) is 11.6 Å². The minimum Gasteiger partial charge on any atom is -0.490 e. The Hall–Kier alpha value is -3.69. The number of nitro groups is 1. The summed E-state index contributed by atoms with van der Waals surface area (Å²) < 4.78 is 12.1. The second-order valence-corrected chi connectivity index (χ2v) is 9.24. The number of rotatable bonds is 9. The fourth-order valence-electron chi connectivity index (χ4n) is 3.52. The van der Waals surface area contributed by atoms with E-state index in [4.69, 9.17) is 21.7 Å². The van der Waals surface area contributed by atoms with Gasteiger partial charge in [0, 0.05) is 6.07 Å². The minimum absolute atomic E-state index is 0.000361. The summed E-state index contributed by atoms with van der Waals surface area (Å²) in [5.41, 5.74) is 2.22. The highest BCUT2D eigenvalue weighted by molar-refractivity contribution is 8.26. The molecule has 0 unspecified atom stereocenters. The zero-order valence-corrected chi connectivity index (χ0v) is 20.5. The molecule has 3 aromatic rings. The Morgan fingerprint density at radius 1 is 1.03 bits per heavy atom. The second-order valence-electron chi connectivity index (χ2n) is 7.57. The van der Waals surface area contributed by atoms with Crippen LogP contribution in [0.3, 0.4) is 0 Å². The number of para-hydroxylation sites is 1. The summed E-state index contributed by atoms with van der Waals surface area (Å²) in [6, 6.07) is 21.5. The Kier molecular flexibility index (Phi) is 7.79. The van der Waals surface area contributed by atoms with Crippen LogP contribution in [-0.2, 0) is 17.9 Å². The molecular formula is C26H22N2O5S2. The van der Waals surface area contributed by atoms with Crippen LogP contribution in [0.2, 0.25) is 0 Å². The van der Waals surface area contributed by atoms with Crippen LogP contribution in [0.4, 0.5) is 5.69 Å². The van der Waals surface area contributed by atoms with Crippen molar-refractivity contribution in [3.63, 3.8) is 0 Å². The van der Waals surface area contributed by atoms with Crippen LogP contribution in [-0.4, -0.2) is 26.7 Å². The Labute approximate surface area is 212 Å². The summed E-state index contributed by atoms with van der Waals surface area (Å²) in [4.78, 5) is 25.9. The lowest BCUT2D eigenvalue weighted by atomic mass is 10.1. The van der Waals surface area contributed by atoms with E-state index in [0.29, 0.717) is 39.4 Å². The van der Waals surface area contributed by atoms with Gasteiger partial charge in [0.05, 0.1) is 28.5 Å². The number of thioether (sulfide) groups is 1. The molecule has 0 radical (unpaired) electrons. The maximum absolute atomic E-state index is 13.0. The third-order valence-corrected chi connectivity index (χ3v) is 6.57. The molecule has 0 aromatic heterocycles. The second kappa shape index (κ2) is 11.2. The van der Waals surface area contributed by atoms with Gasteiger partial charge in [-0.05, 0) is 42.3 Å². The van der Waals surface area contributed by atoms with Gasteiger partial charge < -0.3 is 9.47 Å². The highest BCUT2D eigenvalue weighted by atomic mass is 32.2. The van der Waals surface area contributed by atoms with Gasteiger partial charge in [-0.1, -0.05) is 72.5 Å². The molecule has 35 heavy (non-hydrogen) atoms. The number of nitrogens with zero attached hydrogens (tertiary/aromatic N) is 2. The highest BCUT2D eigenvalue weighted by Crippen LogP contribution is 2.36. The fourth-order valence-corrected chi connectivity index (χ4v) is 4.78. The van der Waals surface area contributed by atoms with Gasteiger partial charge in [0.15, 0.2) is 11.5 Å². The van der Waals surface area contributed by atoms with Gasteiger partial charge in [-0.25, -0.2) is 0 Å². The lowest BCUT2D eigenvalue weighted by Crippen LogP contribution is -2.27. The van der Waals surface area contributed by atoms with Crippen LogP contribution >= 0.6 is 24.0 Å². The average Bonchev–Trinajstić information content (AvgIpc) is 3.12. The number of hydrogen-bond donors (Lipinski definition) is 0. The van der Waals surface area contributed by atoms with Crippen LogP contribution in [0.25, 0.3) is 6.08 Å². The molecule has 0 saturated carbocycles. The number of thiocarbonyl (C=S) groups is 1. The topological polar surface area (TPSA) is 81.9 Å². The molecule has 178 valence electrons. The number of amides is 1. The number of carbonyl (C=O) groups excluding carboxylic acids is 1. The van der Waals surface area contributed by atoms with Crippen molar-refractivity contribution in [3.05, 3.63) is 105 Å². The Bertz CT molecular complexity index is 1290. The smallest absolute Gasteiger partial charge is 0.276 e. The molecule has 9 heteroatoms. The van der Waals surface area contributed by atoms with Crippen LogP contribution in [0, 0.1) is 10.1 Å². The third-order valence-electron chi connectivity index (χ3n) is 5.19. The number of carbonyl (C=O) groups is 1. The monoisotopic (exact) mass is 506 g/mol. The molecule has 0 spiro atoms. The lowest BCUT2D eigenvalue weighted by Gasteiger charge is -2.14. The van der Waals surface area contributed by atoms with Crippen LogP contribution in [0.1, 0.15) is 23.6 Å². The zero-order chi connectivity index (χ0) is 24.8. The van der Waals surface area contributed by atoms with Gasteiger partial charge in [-0.3, -0.25) is 19.8 Å². The normalized spacial score (nSPS) is 14.4. The summed E-state index contributed by atoms with van der Waals surface area (Å²) in [5, 5.41) is 11.3. The van der Waals surface area contributed by atoms with Crippen molar-refractivity contribution in [2.24, 2.45) is 0 Å². The van der Waals surface area contributed by atoms with Crippen molar-refractivity contribution < 1.29 is 19.2 Å². The molecule has 1 saturated heterocycles. The predicted octanol–water partition coefficient (Wildman–Crippen LogP) is 5.97. The first kappa shape index (κ1) is 24.4. The van der Waals surface area contributed by atoms with Gasteiger partial charge in [0.1, 0.15) is 10.9 Å². The molecule has 0 bridgehead atoms. The van der Waals surface area contributed by atoms with Gasteiger partial charge in [0.2, 0.25) is 0 Å². The molecule has 0 N–H and O–H groups in total. The number of ether oxygens (including phenoxy) is 2. The van der Waals surface area contributed by atoms with E-state index in [-0.39, 0.29) is 18.2 Å². The molecule has 0 atom stereocenters. The van der Waals surface area contributed by atoms with E-state index in [2.05, 4.69) is 0 Å². The molecule has 7 nitrogen and oxygen atoms in total. The molecule has 0 aliphatic carbocycles. The average molecular weight is 507 g/mol. The Morgan fingerprint density at radius 3 is 2.51 bits per heavy atom. The van der Waals surface area contributed by atoms with E-state index in [1.165, 1.54) is 17.8 Å². The third kappa shape index (κ3) is 5.87. The first-order chi connectivity index (χ1) is 17.0. The van der Waals surface area contributed by atoms with E-state index in [1.54, 1.807) is 47.4 Å². The quantitative estimate of drug-likeness (QED) is 0.153. The summed E-state index contributed by atoms with van der Waals surface area (Å²) in [5.74, 6) is 0.803. The van der Waals surface area contributed by atoms with Gasteiger partial charge >= 0.3 is 0 Å². The fraction of sp³-hybridized carbons (Fsp3) is 0.154. The minimum atomic E-state index is -0.431. The summed E-state index contributed by atoms with van der Waals surface area (Å²) in [6.45, 7) is 2.71. The van der Waals surface area contributed by atoms with Crippen molar-refractivity contribution in [3.8, 4) is 11.5 Å². The van der Waals surface area contributed by atoms with E-state index in [0.717, 1.165) is 11.1 Å². The van der Waals surface area contributed by atoms with Crippen LogP contribution in [0.5, 0.6) is 11.5 Å². The van der Waals surface area contributed by atoms with Crippen molar-refractivity contribution >= 4 is 46.0 Å². The molecule has 1 amide bonds. The standard InChI is InChI=1S/C26H22N2O5S2/c1-2-32-23-14-19(12-13-22(23)33-17-20-10-6-7-11-21(20)28(30)31)15-24-25(29)27(26(34)35-24)16-18-8-4-3-5-9-18/h3-15H,2,16-17H2,1H3/b24-15+. The molecule has 1 aliphatic heterocycles. The van der Waals surface area contributed by atoms with Crippen molar-refractivity contribution in [1.82, 2.24) is 4.90 Å². The van der Waals surface area contributed by atoms with E-state index in [1.807, 2.05) is 37.3 Å². The predicted molar refractivity (Wildman–Crippen MR) is 140 cm³/mol. The van der Waals surface area contributed by atoms with E-state index >= 15 is 0 Å². The lowest BCUT2D eigenvalue weighted by molar-refractivity contribution is -0.385. The zero-order valence-electron chi connectivity index (χ0n) is 18.9. The van der Waals surface area contributed by atoms with Crippen molar-refractivity contribution in [2.75, 3.05) is 6.61 Å². The molecule has 1 heterocycles. The first-order valence-electron chi connectivity index (χ1n) is 10.9. The van der Waals surface area contributed by atoms with Crippen molar-refractivity contribution in [1.29, 1.82) is 0 Å². The number of benzene rings is 3. The van der Waals surface area contributed by atoms with Gasteiger partial charge in [-0.15, -0.1) is 0 Å². The highest BCUT2D eigenvalue weighted by Gasteiger charge is 2.32. The Balaban J connectivity index is 1.52. The van der Waals surface area contributed by atoms with Crippen molar-refractivity contribution in [2.45, 2.75) is 20.1 Å². The number of hydrogen-bond acceptors (Lipinski definition) is 7. The summed E-state index contributed by atoms with van der Waals surface area (Å²) in [6.07, 6.45) is 1.78. The van der Waals surface area contributed by atoms with Crippen LogP contribution < -0.4 is 9.47 Å². The number of nitro benzene ring substituents is 1. The molecule has 1 aliphatic rings. The summed E-state index contributed by atoms with van der Waals surface area (Å²) in [7, 11) is 0. The van der Waals surface area contributed by atoms with E-state index in [9.17, 15) is 14.9 Å². The van der Waals surface area contributed by atoms with Crippen LogP contribution in [0.15, 0.2) is 77.7 Å². The Morgan fingerprint density at radius 2 is 1.77 bits per heavy atom.